The van der Waals surface area contributed by atoms with Gasteiger partial charge >= 0.3 is 0 Å². The minimum Gasteiger partial charge on any atom is -0.331 e. The van der Waals surface area contributed by atoms with Gasteiger partial charge in [-0.25, -0.2) is 4.98 Å². The van der Waals surface area contributed by atoms with E-state index in [-0.39, 0.29) is 6.04 Å². The standard InChI is InChI=1S/C14H17N5S/c1-9-14(20-18-17-9)11(15-2)8-13-16-10-6-4-5-7-12(10)19(13)3/h4-7,11,15H,8H2,1-3H3. The number of aromatic nitrogens is 4. The first-order chi connectivity index (χ1) is 9.70. The number of nitrogens with zero attached hydrogens (tertiary/aromatic N) is 4. The van der Waals surface area contributed by atoms with Crippen LogP contribution in [0, 0.1) is 6.92 Å². The molecule has 0 aliphatic heterocycles. The highest BCUT2D eigenvalue weighted by molar-refractivity contribution is 7.05. The average Bonchev–Trinajstić information content (AvgIpc) is 3.01. The van der Waals surface area contributed by atoms with Crippen LogP contribution in [0.4, 0.5) is 0 Å². The molecule has 104 valence electrons. The largest absolute Gasteiger partial charge is 0.331 e. The summed E-state index contributed by atoms with van der Waals surface area (Å²) in [4.78, 5) is 5.91. The van der Waals surface area contributed by atoms with Crippen LogP contribution in [0.1, 0.15) is 22.4 Å². The van der Waals surface area contributed by atoms with Crippen LogP contribution >= 0.6 is 11.5 Å². The molecule has 0 saturated carbocycles. The van der Waals surface area contributed by atoms with Crippen molar-refractivity contribution in [2.45, 2.75) is 19.4 Å². The summed E-state index contributed by atoms with van der Waals surface area (Å²) < 4.78 is 6.18. The Morgan fingerprint density at radius 1 is 1.35 bits per heavy atom. The Labute approximate surface area is 121 Å². The van der Waals surface area contributed by atoms with Crippen molar-refractivity contribution in [3.05, 3.63) is 40.7 Å². The van der Waals surface area contributed by atoms with Gasteiger partial charge in [-0.1, -0.05) is 16.6 Å². The molecule has 0 aliphatic carbocycles. The third-order valence-electron chi connectivity index (χ3n) is 3.62. The van der Waals surface area contributed by atoms with Gasteiger partial charge in [-0.15, -0.1) is 5.10 Å². The zero-order valence-electron chi connectivity index (χ0n) is 11.8. The molecule has 0 fully saturated rings. The Bertz CT molecular complexity index is 730. The molecular formula is C14H17N5S. The molecule has 1 atom stereocenters. The van der Waals surface area contributed by atoms with Gasteiger partial charge < -0.3 is 9.88 Å². The minimum absolute atomic E-state index is 0.200. The Hall–Kier alpha value is -1.79. The lowest BCUT2D eigenvalue weighted by Crippen LogP contribution is -2.20. The van der Waals surface area contributed by atoms with Crippen molar-refractivity contribution in [1.82, 2.24) is 24.5 Å². The molecule has 1 unspecified atom stereocenters. The van der Waals surface area contributed by atoms with Crippen molar-refractivity contribution in [1.29, 1.82) is 0 Å². The highest BCUT2D eigenvalue weighted by Crippen LogP contribution is 2.24. The topological polar surface area (TPSA) is 55.6 Å². The van der Waals surface area contributed by atoms with Gasteiger partial charge in [0.05, 0.1) is 27.6 Å². The van der Waals surface area contributed by atoms with Crippen molar-refractivity contribution < 1.29 is 0 Å². The van der Waals surface area contributed by atoms with E-state index in [1.54, 1.807) is 0 Å². The second kappa shape index (κ2) is 5.30. The molecule has 1 aromatic carbocycles. The van der Waals surface area contributed by atoms with Gasteiger partial charge in [-0.05, 0) is 37.6 Å². The lowest BCUT2D eigenvalue weighted by atomic mass is 10.1. The summed E-state index contributed by atoms with van der Waals surface area (Å²) in [6.45, 7) is 2.00. The van der Waals surface area contributed by atoms with Crippen LogP contribution < -0.4 is 5.32 Å². The first-order valence-electron chi connectivity index (χ1n) is 6.57. The van der Waals surface area contributed by atoms with Crippen molar-refractivity contribution in [2.24, 2.45) is 7.05 Å². The second-order valence-corrected chi connectivity index (χ2v) is 5.63. The third-order valence-corrected chi connectivity index (χ3v) is 4.56. The number of aryl methyl sites for hydroxylation is 2. The fourth-order valence-electron chi connectivity index (χ4n) is 2.44. The number of para-hydroxylation sites is 2. The molecule has 3 rings (SSSR count). The number of hydrogen-bond donors (Lipinski definition) is 1. The van der Waals surface area contributed by atoms with Gasteiger partial charge in [0.15, 0.2) is 0 Å². The van der Waals surface area contributed by atoms with E-state index in [1.165, 1.54) is 16.4 Å². The first kappa shape index (κ1) is 13.2. The van der Waals surface area contributed by atoms with E-state index in [0.717, 1.165) is 29.0 Å². The minimum atomic E-state index is 0.200. The normalized spacial score (nSPS) is 12.9. The maximum absolute atomic E-state index is 4.73. The number of nitrogens with one attached hydrogen (secondary N) is 1. The Balaban J connectivity index is 1.95. The van der Waals surface area contributed by atoms with Crippen LogP contribution in [0.15, 0.2) is 24.3 Å². The molecule has 0 radical (unpaired) electrons. The maximum atomic E-state index is 4.73. The van der Waals surface area contributed by atoms with Crippen LogP contribution in [0.3, 0.4) is 0 Å². The summed E-state index contributed by atoms with van der Waals surface area (Å²) in [5.41, 5.74) is 3.20. The van der Waals surface area contributed by atoms with Crippen LogP contribution in [0.25, 0.3) is 11.0 Å². The van der Waals surface area contributed by atoms with Crippen molar-refractivity contribution in [3.8, 4) is 0 Å². The molecule has 2 heterocycles. The average molecular weight is 287 g/mol. The van der Waals surface area contributed by atoms with Crippen LogP contribution in [-0.2, 0) is 13.5 Å². The van der Waals surface area contributed by atoms with Gasteiger partial charge in [0.1, 0.15) is 5.82 Å². The summed E-state index contributed by atoms with van der Waals surface area (Å²) in [7, 11) is 4.03. The fraction of sp³-hybridized carbons (Fsp3) is 0.357. The van der Waals surface area contributed by atoms with Crippen molar-refractivity contribution in [3.63, 3.8) is 0 Å². The Kier molecular flexibility index (Phi) is 3.50. The number of benzene rings is 1. The lowest BCUT2D eigenvalue weighted by molar-refractivity contribution is 0.571. The summed E-state index contributed by atoms with van der Waals surface area (Å²) in [6.07, 6.45) is 0.826. The van der Waals surface area contributed by atoms with Gasteiger partial charge in [0.25, 0.3) is 0 Å². The van der Waals surface area contributed by atoms with E-state index in [1.807, 2.05) is 32.2 Å². The number of fused-ring (bicyclic) bond motifs is 1. The zero-order chi connectivity index (χ0) is 14.1. The predicted octanol–water partition coefficient (Wildman–Crippen LogP) is 2.24. The highest BCUT2D eigenvalue weighted by atomic mass is 32.1. The number of likely N-dealkylation sites (N-methyl/N-ethyl adjacent to an activating group) is 1. The van der Waals surface area contributed by atoms with E-state index in [4.69, 9.17) is 4.98 Å². The fourth-order valence-corrected chi connectivity index (χ4v) is 3.20. The molecule has 0 bridgehead atoms. The number of hydrogen-bond acceptors (Lipinski definition) is 5. The zero-order valence-corrected chi connectivity index (χ0v) is 12.6. The molecule has 5 nitrogen and oxygen atoms in total. The molecule has 1 N–H and O–H groups in total. The maximum Gasteiger partial charge on any atom is 0.111 e. The van der Waals surface area contributed by atoms with E-state index in [0.29, 0.717) is 0 Å². The van der Waals surface area contributed by atoms with Crippen LogP contribution in [-0.4, -0.2) is 26.2 Å². The first-order valence-corrected chi connectivity index (χ1v) is 7.34. The third kappa shape index (κ3) is 2.21. The molecule has 0 saturated heterocycles. The Morgan fingerprint density at radius 2 is 2.15 bits per heavy atom. The smallest absolute Gasteiger partial charge is 0.111 e. The summed E-state index contributed by atoms with van der Waals surface area (Å²) in [6, 6.07) is 8.41. The SMILES string of the molecule is CNC(Cc1nc2ccccc2n1C)c1snnc1C. The molecule has 0 spiro atoms. The molecule has 20 heavy (non-hydrogen) atoms. The van der Waals surface area contributed by atoms with Crippen molar-refractivity contribution >= 4 is 22.6 Å². The predicted molar refractivity (Wildman–Crippen MR) is 80.9 cm³/mol. The number of rotatable bonds is 4. The summed E-state index contributed by atoms with van der Waals surface area (Å²) in [5, 5.41) is 7.44. The van der Waals surface area contributed by atoms with Gasteiger partial charge in [-0.2, -0.15) is 0 Å². The van der Waals surface area contributed by atoms with Crippen molar-refractivity contribution in [2.75, 3.05) is 7.05 Å². The molecule has 0 aliphatic rings. The summed E-state index contributed by atoms with van der Waals surface area (Å²) >= 11 is 1.45. The number of imidazole rings is 1. The highest BCUT2D eigenvalue weighted by Gasteiger charge is 2.19. The van der Waals surface area contributed by atoms with Gasteiger partial charge in [0.2, 0.25) is 0 Å². The molecule has 2 aromatic heterocycles. The molecule has 0 amide bonds. The van der Waals surface area contributed by atoms with E-state index in [2.05, 4.69) is 32.6 Å². The van der Waals surface area contributed by atoms with Gasteiger partial charge in [-0.3, -0.25) is 0 Å². The van der Waals surface area contributed by atoms with Gasteiger partial charge in [0, 0.05) is 13.5 Å². The molecule has 6 heteroatoms. The Morgan fingerprint density at radius 3 is 2.80 bits per heavy atom. The van der Waals surface area contributed by atoms with E-state index in [9.17, 15) is 0 Å². The van der Waals surface area contributed by atoms with Crippen LogP contribution in [0.2, 0.25) is 0 Å². The van der Waals surface area contributed by atoms with E-state index < -0.39 is 0 Å². The monoisotopic (exact) mass is 287 g/mol. The molecule has 3 aromatic rings. The van der Waals surface area contributed by atoms with Crippen LogP contribution in [0.5, 0.6) is 0 Å². The summed E-state index contributed by atoms with van der Waals surface area (Å²) in [5.74, 6) is 1.07. The van der Waals surface area contributed by atoms with E-state index >= 15 is 0 Å². The second-order valence-electron chi connectivity index (χ2n) is 4.84. The quantitative estimate of drug-likeness (QED) is 0.799. The molecular weight excluding hydrogens is 270 g/mol. The lowest BCUT2D eigenvalue weighted by Gasteiger charge is -2.14.